The number of carbonyl (C=O) groups excluding carboxylic acids is 3. The number of amides is 4. The zero-order chi connectivity index (χ0) is 30.3. The lowest BCUT2D eigenvalue weighted by atomic mass is 9.87. The first-order valence-electron chi connectivity index (χ1n) is 13.6. The highest BCUT2D eigenvalue weighted by atomic mass is 16.7. The van der Waals surface area contributed by atoms with Crippen molar-refractivity contribution in [2.75, 3.05) is 35.3 Å². The standard InChI is InChI=1S/C31H34N4O7/c1-4-41-27(42-5-2)19-35-25-9-7-6-8-24(25)31(29(35)39,18-26(36)32-22-14-10-20(3)11-15-22)34-30(40)33-23-16-12-21(13-17-23)28(37)38/h6-17,27H,4-5,18-19H2,1-3H3,(H,32,36)(H,37,38)(H2,33,34,40)/t31-/m0/s1. The largest absolute Gasteiger partial charge is 0.478 e. The minimum Gasteiger partial charge on any atom is -0.478 e. The third-order valence-electron chi connectivity index (χ3n) is 6.78. The minimum absolute atomic E-state index is 0.0405. The number of nitrogens with zero attached hydrogens (tertiary/aromatic N) is 1. The fraction of sp³-hybridized carbons (Fsp3) is 0.290. The highest BCUT2D eigenvalue weighted by molar-refractivity contribution is 6.13. The predicted octanol–water partition coefficient (Wildman–Crippen LogP) is 4.48. The second kappa shape index (κ2) is 13.3. The minimum atomic E-state index is -1.76. The van der Waals surface area contributed by atoms with Crippen LogP contribution in [-0.4, -0.2) is 55.0 Å². The molecule has 1 heterocycles. The first-order valence-corrected chi connectivity index (χ1v) is 13.6. The second-order valence-electron chi connectivity index (χ2n) is 9.73. The van der Waals surface area contributed by atoms with E-state index in [1.807, 2.05) is 32.9 Å². The predicted molar refractivity (Wildman–Crippen MR) is 157 cm³/mol. The highest BCUT2D eigenvalue weighted by Crippen LogP contribution is 2.43. The van der Waals surface area contributed by atoms with E-state index in [0.717, 1.165) is 5.56 Å². The van der Waals surface area contributed by atoms with Gasteiger partial charge in [-0.15, -0.1) is 0 Å². The molecule has 4 rings (SSSR count). The number of carboxylic acids is 1. The normalized spacial score (nSPS) is 15.8. The van der Waals surface area contributed by atoms with Gasteiger partial charge in [-0.2, -0.15) is 0 Å². The van der Waals surface area contributed by atoms with E-state index in [-0.39, 0.29) is 12.1 Å². The molecule has 0 unspecified atom stereocenters. The number of aromatic carboxylic acids is 1. The Bertz CT molecular complexity index is 1440. The van der Waals surface area contributed by atoms with Crippen LogP contribution < -0.4 is 20.9 Å². The molecule has 11 heteroatoms. The average Bonchev–Trinajstić information content (AvgIpc) is 3.17. The van der Waals surface area contributed by atoms with Gasteiger partial charge >= 0.3 is 12.0 Å². The van der Waals surface area contributed by atoms with Crippen molar-refractivity contribution in [1.82, 2.24) is 5.32 Å². The van der Waals surface area contributed by atoms with E-state index in [9.17, 15) is 19.2 Å². The number of fused-ring (bicyclic) bond motifs is 1. The first kappa shape index (κ1) is 30.2. The van der Waals surface area contributed by atoms with Crippen LogP contribution in [0.5, 0.6) is 0 Å². The fourth-order valence-electron chi connectivity index (χ4n) is 4.85. The van der Waals surface area contributed by atoms with Crippen molar-refractivity contribution in [1.29, 1.82) is 0 Å². The molecule has 0 fully saturated rings. The van der Waals surface area contributed by atoms with Gasteiger partial charge in [0.2, 0.25) is 5.91 Å². The fourth-order valence-corrected chi connectivity index (χ4v) is 4.85. The lowest BCUT2D eigenvalue weighted by Crippen LogP contribution is -2.56. The van der Waals surface area contributed by atoms with Crippen molar-refractivity contribution in [3.63, 3.8) is 0 Å². The van der Waals surface area contributed by atoms with Gasteiger partial charge in [0.05, 0.1) is 24.2 Å². The summed E-state index contributed by atoms with van der Waals surface area (Å²) >= 11 is 0. The zero-order valence-electron chi connectivity index (χ0n) is 23.7. The maximum Gasteiger partial charge on any atom is 0.335 e. The quantitative estimate of drug-likeness (QED) is 0.233. The summed E-state index contributed by atoms with van der Waals surface area (Å²) in [6, 6.07) is 19.0. The molecule has 0 spiro atoms. The monoisotopic (exact) mass is 574 g/mol. The van der Waals surface area contributed by atoms with Gasteiger partial charge < -0.3 is 35.4 Å². The Morgan fingerprint density at radius 2 is 1.48 bits per heavy atom. The van der Waals surface area contributed by atoms with Gasteiger partial charge in [-0.3, -0.25) is 9.59 Å². The van der Waals surface area contributed by atoms with Crippen molar-refractivity contribution in [2.45, 2.75) is 39.0 Å². The molecule has 220 valence electrons. The van der Waals surface area contributed by atoms with Crippen molar-refractivity contribution < 1.29 is 33.8 Å². The third-order valence-corrected chi connectivity index (χ3v) is 6.78. The summed E-state index contributed by atoms with van der Waals surface area (Å²) in [6.07, 6.45) is -1.12. The number of carbonyl (C=O) groups is 4. The van der Waals surface area contributed by atoms with E-state index >= 15 is 0 Å². The Labute approximate surface area is 243 Å². The van der Waals surface area contributed by atoms with E-state index in [1.165, 1.54) is 29.2 Å². The third kappa shape index (κ3) is 6.76. The number of hydrogen-bond acceptors (Lipinski definition) is 6. The van der Waals surface area contributed by atoms with Crippen molar-refractivity contribution >= 4 is 40.9 Å². The van der Waals surface area contributed by atoms with Crippen LogP contribution in [0.25, 0.3) is 0 Å². The SMILES string of the molecule is CCOC(CN1C(=O)[C@@](CC(=O)Nc2ccc(C)cc2)(NC(=O)Nc2ccc(C(=O)O)cc2)c2ccccc21)OCC. The molecule has 42 heavy (non-hydrogen) atoms. The number of ether oxygens (including phenoxy) is 2. The van der Waals surface area contributed by atoms with E-state index in [2.05, 4.69) is 16.0 Å². The summed E-state index contributed by atoms with van der Waals surface area (Å²) in [4.78, 5) is 53.8. The van der Waals surface area contributed by atoms with Crippen LogP contribution in [-0.2, 0) is 24.6 Å². The van der Waals surface area contributed by atoms with Crippen LogP contribution in [0.15, 0.2) is 72.8 Å². The molecule has 3 aromatic carbocycles. The van der Waals surface area contributed by atoms with Crippen molar-refractivity contribution in [3.05, 3.63) is 89.5 Å². The Kier molecular flexibility index (Phi) is 9.56. The molecular formula is C31H34N4O7. The van der Waals surface area contributed by atoms with Crippen LogP contribution in [0.1, 0.15) is 41.8 Å². The Balaban J connectivity index is 1.68. The average molecular weight is 575 g/mol. The summed E-state index contributed by atoms with van der Waals surface area (Å²) in [7, 11) is 0. The molecule has 4 amide bonds. The van der Waals surface area contributed by atoms with Crippen LogP contribution in [0.2, 0.25) is 0 Å². The molecule has 4 N–H and O–H groups in total. The molecule has 0 aromatic heterocycles. The van der Waals surface area contributed by atoms with Crippen LogP contribution in [0.4, 0.5) is 21.9 Å². The lowest BCUT2D eigenvalue weighted by molar-refractivity contribution is -0.138. The summed E-state index contributed by atoms with van der Waals surface area (Å²) in [5.41, 5.74) is 1.12. The molecule has 1 aliphatic rings. The Hall–Kier alpha value is -4.74. The second-order valence-corrected chi connectivity index (χ2v) is 9.73. The number of rotatable bonds is 12. The number of anilines is 3. The first-order chi connectivity index (χ1) is 20.2. The van der Waals surface area contributed by atoms with Crippen molar-refractivity contribution in [2.24, 2.45) is 0 Å². The summed E-state index contributed by atoms with van der Waals surface area (Å²) in [5, 5.41) is 17.4. The van der Waals surface area contributed by atoms with Gasteiger partial charge in [0.1, 0.15) is 0 Å². The van der Waals surface area contributed by atoms with Crippen molar-refractivity contribution in [3.8, 4) is 0 Å². The smallest absolute Gasteiger partial charge is 0.335 e. The summed E-state index contributed by atoms with van der Waals surface area (Å²) in [6.45, 7) is 6.33. The molecule has 0 aliphatic carbocycles. The molecule has 0 bridgehead atoms. The lowest BCUT2D eigenvalue weighted by Gasteiger charge is -2.30. The van der Waals surface area contributed by atoms with Gasteiger partial charge in [-0.05, 0) is 63.2 Å². The number of benzene rings is 3. The molecule has 11 nitrogen and oxygen atoms in total. The van der Waals surface area contributed by atoms with E-state index in [0.29, 0.717) is 35.8 Å². The van der Waals surface area contributed by atoms with Gasteiger partial charge in [0.15, 0.2) is 11.8 Å². The van der Waals surface area contributed by atoms with Crippen LogP contribution in [0, 0.1) is 6.92 Å². The summed E-state index contributed by atoms with van der Waals surface area (Å²) < 4.78 is 11.4. The van der Waals surface area contributed by atoms with Gasteiger partial charge in [-0.25, -0.2) is 9.59 Å². The Morgan fingerprint density at radius 1 is 0.881 bits per heavy atom. The molecule has 0 radical (unpaired) electrons. The van der Waals surface area contributed by atoms with Gasteiger partial charge in [-0.1, -0.05) is 35.9 Å². The van der Waals surface area contributed by atoms with Crippen LogP contribution in [0.3, 0.4) is 0 Å². The number of nitrogens with one attached hydrogen (secondary N) is 3. The topological polar surface area (TPSA) is 146 Å². The van der Waals surface area contributed by atoms with E-state index in [1.54, 1.807) is 36.4 Å². The molecule has 3 aromatic rings. The molecule has 0 saturated heterocycles. The number of hydrogen-bond donors (Lipinski definition) is 4. The zero-order valence-corrected chi connectivity index (χ0v) is 23.7. The number of carboxylic acid groups (broad SMARTS) is 1. The number of para-hydroxylation sites is 1. The van der Waals surface area contributed by atoms with Gasteiger partial charge in [0.25, 0.3) is 5.91 Å². The maximum atomic E-state index is 14.3. The van der Waals surface area contributed by atoms with E-state index < -0.39 is 42.1 Å². The molecular weight excluding hydrogens is 540 g/mol. The van der Waals surface area contributed by atoms with Gasteiger partial charge in [0, 0.05) is 30.2 Å². The highest BCUT2D eigenvalue weighted by Gasteiger charge is 2.53. The maximum absolute atomic E-state index is 14.3. The molecule has 1 aliphatic heterocycles. The molecule has 1 atom stereocenters. The molecule has 0 saturated carbocycles. The van der Waals surface area contributed by atoms with Crippen LogP contribution >= 0.6 is 0 Å². The Morgan fingerprint density at radius 3 is 2.10 bits per heavy atom. The summed E-state index contributed by atoms with van der Waals surface area (Å²) in [5.74, 6) is -2.11. The number of urea groups is 1. The van der Waals surface area contributed by atoms with E-state index in [4.69, 9.17) is 14.6 Å². The number of aryl methyl sites for hydroxylation is 1.